The van der Waals surface area contributed by atoms with Gasteiger partial charge in [-0.25, -0.2) is 8.42 Å². The van der Waals surface area contributed by atoms with E-state index in [0.717, 1.165) is 8.78 Å². The molecule has 1 heterocycles. The summed E-state index contributed by atoms with van der Waals surface area (Å²) in [6.45, 7) is 0. The summed E-state index contributed by atoms with van der Waals surface area (Å²) in [6.07, 6.45) is 0. The second kappa shape index (κ2) is 6.96. The molecule has 0 aliphatic carbocycles. The quantitative estimate of drug-likeness (QED) is 0.622. The van der Waals surface area contributed by atoms with Gasteiger partial charge in [0, 0.05) is 10.5 Å². The number of carbonyl (C=O) groups is 1. The van der Waals surface area contributed by atoms with Crippen molar-refractivity contribution in [1.82, 2.24) is 0 Å². The lowest BCUT2D eigenvalue weighted by atomic mass is 10.1. The van der Waals surface area contributed by atoms with Gasteiger partial charge in [-0.1, -0.05) is 28.1 Å². The van der Waals surface area contributed by atoms with E-state index in [1.54, 1.807) is 54.6 Å². The Hall–Kier alpha value is -2.84. The number of anilines is 3. The number of sulfonamides is 1. The average Bonchev–Trinajstić information content (AvgIpc) is 2.82. The van der Waals surface area contributed by atoms with Crippen LogP contribution in [0.2, 0.25) is 0 Å². The summed E-state index contributed by atoms with van der Waals surface area (Å²) in [5.74, 6) is -0.0889. The molecule has 8 heteroatoms. The third-order valence-electron chi connectivity index (χ3n) is 4.39. The van der Waals surface area contributed by atoms with Crippen LogP contribution in [0.5, 0.6) is 5.75 Å². The van der Waals surface area contributed by atoms with Gasteiger partial charge < -0.3 is 10.1 Å². The fourth-order valence-electron chi connectivity index (χ4n) is 3.01. The van der Waals surface area contributed by atoms with Crippen LogP contribution in [-0.2, 0) is 10.0 Å². The Morgan fingerprint density at radius 3 is 2.39 bits per heavy atom. The maximum absolute atomic E-state index is 13.4. The number of halogens is 1. The van der Waals surface area contributed by atoms with Gasteiger partial charge in [-0.05, 0) is 48.5 Å². The first-order valence-electron chi connectivity index (χ1n) is 8.31. The molecule has 0 bridgehead atoms. The Morgan fingerprint density at radius 2 is 1.68 bits per heavy atom. The van der Waals surface area contributed by atoms with Crippen LogP contribution < -0.4 is 14.4 Å². The van der Waals surface area contributed by atoms with E-state index in [0.29, 0.717) is 17.1 Å². The largest absolute Gasteiger partial charge is 0.497 e. The standard InChI is InChI=1S/C20H15BrN2O4S/c1-27-14-8-11-19-18(12-14)22-17-5-3-2-4-16(17)20(24)23(19)28(25,26)15-9-6-13(21)7-10-15/h2-12,22H,1H3. The number of fused-ring (bicyclic) bond motifs is 2. The molecule has 0 saturated carbocycles. The summed E-state index contributed by atoms with van der Waals surface area (Å²) in [5.41, 5.74) is 1.47. The van der Waals surface area contributed by atoms with Gasteiger partial charge in [0.25, 0.3) is 15.9 Å². The van der Waals surface area contributed by atoms with Gasteiger partial charge in [-0.3, -0.25) is 4.79 Å². The molecule has 1 aliphatic rings. The molecular formula is C20H15BrN2O4S. The number of carbonyl (C=O) groups excluding carboxylic acids is 1. The van der Waals surface area contributed by atoms with E-state index in [2.05, 4.69) is 21.2 Å². The molecule has 142 valence electrons. The lowest BCUT2D eigenvalue weighted by molar-refractivity contribution is 0.101. The van der Waals surface area contributed by atoms with Crippen LogP contribution in [0.15, 0.2) is 76.1 Å². The molecular weight excluding hydrogens is 444 g/mol. The Kier molecular flexibility index (Phi) is 4.60. The van der Waals surface area contributed by atoms with Crippen LogP contribution in [0.3, 0.4) is 0 Å². The van der Waals surface area contributed by atoms with E-state index in [9.17, 15) is 13.2 Å². The summed E-state index contributed by atoms with van der Waals surface area (Å²) >= 11 is 3.30. The highest BCUT2D eigenvalue weighted by atomic mass is 79.9. The van der Waals surface area contributed by atoms with Crippen molar-refractivity contribution in [3.63, 3.8) is 0 Å². The van der Waals surface area contributed by atoms with E-state index in [1.165, 1.54) is 19.2 Å². The summed E-state index contributed by atoms with van der Waals surface area (Å²) in [6, 6.07) is 17.8. The molecule has 3 aromatic carbocycles. The highest BCUT2D eigenvalue weighted by Gasteiger charge is 2.36. The smallest absolute Gasteiger partial charge is 0.274 e. The van der Waals surface area contributed by atoms with E-state index >= 15 is 0 Å². The monoisotopic (exact) mass is 458 g/mol. The van der Waals surface area contributed by atoms with Crippen molar-refractivity contribution in [3.05, 3.63) is 76.8 Å². The fraction of sp³-hybridized carbons (Fsp3) is 0.0500. The van der Waals surface area contributed by atoms with Crippen LogP contribution in [0, 0.1) is 0 Å². The van der Waals surface area contributed by atoms with E-state index in [-0.39, 0.29) is 16.1 Å². The first-order chi connectivity index (χ1) is 13.4. The Balaban J connectivity index is 1.97. The summed E-state index contributed by atoms with van der Waals surface area (Å²) in [7, 11) is -2.62. The van der Waals surface area contributed by atoms with E-state index < -0.39 is 15.9 Å². The highest BCUT2D eigenvalue weighted by Crippen LogP contribution is 2.40. The maximum Gasteiger partial charge on any atom is 0.274 e. The first-order valence-corrected chi connectivity index (χ1v) is 10.5. The van der Waals surface area contributed by atoms with E-state index in [1.807, 2.05) is 0 Å². The van der Waals surface area contributed by atoms with Gasteiger partial charge in [-0.2, -0.15) is 4.31 Å². The van der Waals surface area contributed by atoms with Crippen molar-refractivity contribution in [2.75, 3.05) is 16.7 Å². The Labute approximate surface area is 170 Å². The zero-order valence-corrected chi connectivity index (χ0v) is 17.1. The second-order valence-electron chi connectivity index (χ2n) is 6.08. The number of rotatable bonds is 3. The van der Waals surface area contributed by atoms with Gasteiger partial charge in [0.1, 0.15) is 5.75 Å². The number of hydrogen-bond acceptors (Lipinski definition) is 5. The van der Waals surface area contributed by atoms with Gasteiger partial charge in [0.05, 0.1) is 34.6 Å². The minimum atomic E-state index is -4.14. The van der Waals surface area contributed by atoms with Crippen molar-refractivity contribution in [2.24, 2.45) is 0 Å². The SMILES string of the molecule is COc1ccc2c(c1)Nc1ccccc1C(=O)N2S(=O)(=O)c1ccc(Br)cc1. The molecule has 1 aliphatic heterocycles. The van der Waals surface area contributed by atoms with Crippen LogP contribution in [0.1, 0.15) is 10.4 Å². The summed E-state index contributed by atoms with van der Waals surface area (Å²) < 4.78 is 33.7. The lowest BCUT2D eigenvalue weighted by Gasteiger charge is -2.23. The predicted octanol–water partition coefficient (Wildman–Crippen LogP) is 4.55. The van der Waals surface area contributed by atoms with Crippen molar-refractivity contribution in [2.45, 2.75) is 4.90 Å². The molecule has 3 aromatic rings. The maximum atomic E-state index is 13.4. The van der Waals surface area contributed by atoms with Crippen LogP contribution in [0.4, 0.5) is 17.1 Å². The normalized spacial score (nSPS) is 13.2. The van der Waals surface area contributed by atoms with Crippen molar-refractivity contribution >= 4 is 48.9 Å². The summed E-state index contributed by atoms with van der Waals surface area (Å²) in [5, 5.41) is 3.16. The van der Waals surface area contributed by atoms with Crippen molar-refractivity contribution in [3.8, 4) is 5.75 Å². The zero-order chi connectivity index (χ0) is 19.9. The number of nitrogens with one attached hydrogen (secondary N) is 1. The molecule has 1 N–H and O–H groups in total. The molecule has 0 aromatic heterocycles. The molecule has 0 radical (unpaired) electrons. The fourth-order valence-corrected chi connectivity index (χ4v) is 4.70. The van der Waals surface area contributed by atoms with Gasteiger partial charge in [-0.15, -0.1) is 0 Å². The number of para-hydroxylation sites is 1. The minimum absolute atomic E-state index is 0.0187. The number of ether oxygens (including phenoxy) is 1. The van der Waals surface area contributed by atoms with E-state index in [4.69, 9.17) is 4.74 Å². The molecule has 1 amide bonds. The molecule has 4 rings (SSSR count). The molecule has 0 fully saturated rings. The van der Waals surface area contributed by atoms with Gasteiger partial charge in [0.15, 0.2) is 0 Å². The first kappa shape index (κ1) is 18.5. The molecule has 28 heavy (non-hydrogen) atoms. The minimum Gasteiger partial charge on any atom is -0.497 e. The Morgan fingerprint density at radius 1 is 0.964 bits per heavy atom. The number of amides is 1. The molecule has 6 nitrogen and oxygen atoms in total. The highest BCUT2D eigenvalue weighted by molar-refractivity contribution is 9.10. The molecule has 0 spiro atoms. The molecule has 0 saturated heterocycles. The number of hydrogen-bond donors (Lipinski definition) is 1. The van der Waals surface area contributed by atoms with Crippen molar-refractivity contribution < 1.29 is 17.9 Å². The molecule has 0 atom stereocenters. The van der Waals surface area contributed by atoms with Gasteiger partial charge >= 0.3 is 0 Å². The predicted molar refractivity (Wildman–Crippen MR) is 111 cm³/mol. The van der Waals surface area contributed by atoms with Crippen LogP contribution in [0.25, 0.3) is 0 Å². The average molecular weight is 459 g/mol. The number of nitrogens with zero attached hydrogens (tertiary/aromatic N) is 1. The Bertz CT molecular complexity index is 1180. The molecule has 0 unspecified atom stereocenters. The number of benzene rings is 3. The second-order valence-corrected chi connectivity index (χ2v) is 8.78. The van der Waals surface area contributed by atoms with Crippen LogP contribution in [-0.4, -0.2) is 21.4 Å². The zero-order valence-electron chi connectivity index (χ0n) is 14.7. The summed E-state index contributed by atoms with van der Waals surface area (Å²) in [4.78, 5) is 13.3. The van der Waals surface area contributed by atoms with Crippen molar-refractivity contribution in [1.29, 1.82) is 0 Å². The van der Waals surface area contributed by atoms with Gasteiger partial charge in [0.2, 0.25) is 0 Å². The third-order valence-corrected chi connectivity index (χ3v) is 6.63. The van der Waals surface area contributed by atoms with Crippen LogP contribution >= 0.6 is 15.9 Å². The number of methoxy groups -OCH3 is 1. The lowest BCUT2D eigenvalue weighted by Crippen LogP contribution is -2.36. The third kappa shape index (κ3) is 3.04. The topological polar surface area (TPSA) is 75.7 Å².